The minimum Gasteiger partial charge on any atom is -0.506 e. The molecule has 2 aliphatic rings. The molecule has 0 spiro atoms. The number of carbonyl (C=O) groups excluding carboxylic acids is 1. The highest BCUT2D eigenvalue weighted by atomic mass is 127. The predicted molar refractivity (Wildman–Crippen MR) is 221 cm³/mol. The molecule has 2 aromatic heterocycles. The van der Waals surface area contributed by atoms with Gasteiger partial charge in [0.1, 0.15) is 23.1 Å². The fraction of sp³-hybridized carbons (Fsp3) is 0.0698. The number of imidazole rings is 1. The number of aromatic hydroxyl groups is 1. The van der Waals surface area contributed by atoms with Crippen molar-refractivity contribution in [3.63, 3.8) is 0 Å². The standard InChI is InChI=1S/C43H31ClIN5O5/c1-43(45)15-12-31-36(21-43)55-35-20-28(46)8-10-30(35)37(31)29-9-6-27(18-32(29)42(53)54)41(52)48-22-23-2-4-25(5-3-23)40-49-38(24-13-16-47-17-14-24)39(50-40)26-7-11-33(44)34(51)19-26/h2-21,51H,22,46H2,1H3,(H,48,52)(H,49,50)(H,53,54). The number of aromatic carboxylic acids is 1. The molecule has 0 radical (unpaired) electrons. The number of carboxylic acids is 1. The van der Waals surface area contributed by atoms with Crippen LogP contribution in [0.25, 0.3) is 39.5 Å². The van der Waals surface area contributed by atoms with Crippen LogP contribution < -0.4 is 15.8 Å². The van der Waals surface area contributed by atoms with E-state index in [2.05, 4.69) is 37.9 Å². The third kappa shape index (κ3) is 7.11. The van der Waals surface area contributed by atoms with Crippen molar-refractivity contribution in [1.29, 1.82) is 0 Å². The number of carbonyl (C=O) groups is 2. The van der Waals surface area contributed by atoms with Gasteiger partial charge in [-0.3, -0.25) is 9.78 Å². The SMILES string of the molecule is CC1(I)C=CC2=C(c3ccc(C(=O)NCc4ccc(-c5nc(-c6ccc(Cl)c(O)c6)c(-c6ccncc6)[nH]5)cc4)cc3C(=O)O)c3ccc(N)cc3OC2=C1. The molecule has 0 fully saturated rings. The number of phenolic OH excluding ortho intramolecular Hbond substituents is 1. The number of rotatable bonds is 8. The quantitative estimate of drug-likeness (QED) is 0.0575. The molecule has 1 aliphatic heterocycles. The summed E-state index contributed by atoms with van der Waals surface area (Å²) in [5, 5.41) is 23.9. The third-order valence-electron chi connectivity index (χ3n) is 9.37. The van der Waals surface area contributed by atoms with Crippen LogP contribution in [0.3, 0.4) is 0 Å². The molecule has 6 aromatic rings. The number of alkyl halides is 1. The number of nitrogen functional groups attached to an aromatic ring is 1. The molecule has 0 saturated heterocycles. The number of H-pyrrole nitrogens is 1. The molecule has 1 aliphatic carbocycles. The molecule has 6 N–H and O–H groups in total. The van der Waals surface area contributed by atoms with Gasteiger partial charge in [0.25, 0.3) is 5.91 Å². The number of nitrogens with two attached hydrogens (primary N) is 1. The Bertz CT molecular complexity index is 2630. The molecule has 12 heteroatoms. The number of nitrogens with zero attached hydrogens (tertiary/aromatic N) is 2. The average Bonchev–Trinajstić information content (AvgIpc) is 3.63. The lowest BCUT2D eigenvalue weighted by Gasteiger charge is -2.30. The summed E-state index contributed by atoms with van der Waals surface area (Å²) in [5.41, 5.74) is 14.0. The number of anilines is 1. The monoisotopic (exact) mass is 859 g/mol. The molecule has 272 valence electrons. The van der Waals surface area contributed by atoms with E-state index in [1.165, 1.54) is 6.07 Å². The van der Waals surface area contributed by atoms with Crippen molar-refractivity contribution in [2.45, 2.75) is 16.9 Å². The van der Waals surface area contributed by atoms with Crippen LogP contribution in [0, 0.1) is 0 Å². The Morgan fingerprint density at radius 3 is 2.44 bits per heavy atom. The number of amides is 1. The number of aromatic amines is 1. The molecule has 1 amide bonds. The van der Waals surface area contributed by atoms with Gasteiger partial charge in [0.05, 0.1) is 25.4 Å². The molecular weight excluding hydrogens is 829 g/mol. The molecule has 55 heavy (non-hydrogen) atoms. The summed E-state index contributed by atoms with van der Waals surface area (Å²) >= 11 is 8.39. The smallest absolute Gasteiger partial charge is 0.336 e. The van der Waals surface area contributed by atoms with E-state index in [1.807, 2.05) is 67.6 Å². The Balaban J connectivity index is 1.04. The Morgan fingerprint density at radius 2 is 1.69 bits per heavy atom. The van der Waals surface area contributed by atoms with Gasteiger partial charge < -0.3 is 31.0 Å². The van der Waals surface area contributed by atoms with Gasteiger partial charge in [0, 0.05) is 69.7 Å². The van der Waals surface area contributed by atoms with Crippen molar-refractivity contribution in [3.05, 3.63) is 166 Å². The highest BCUT2D eigenvalue weighted by Crippen LogP contribution is 2.46. The van der Waals surface area contributed by atoms with Crippen molar-refractivity contribution in [1.82, 2.24) is 20.3 Å². The molecule has 10 nitrogen and oxygen atoms in total. The summed E-state index contributed by atoms with van der Waals surface area (Å²) in [7, 11) is 0. The number of phenols is 1. The summed E-state index contributed by atoms with van der Waals surface area (Å²) in [6.07, 6.45) is 9.36. The first-order valence-corrected chi connectivity index (χ1v) is 18.6. The second-order valence-corrected chi connectivity index (χ2v) is 16.0. The first-order chi connectivity index (χ1) is 26.4. The van der Waals surface area contributed by atoms with Gasteiger partial charge >= 0.3 is 5.97 Å². The third-order valence-corrected chi connectivity index (χ3v) is 10.4. The van der Waals surface area contributed by atoms with Crippen LogP contribution >= 0.6 is 34.2 Å². The number of nitrogens with one attached hydrogen (secondary N) is 2. The number of allylic oxidation sites excluding steroid dienone is 3. The van der Waals surface area contributed by atoms with Crippen molar-refractivity contribution in [3.8, 4) is 45.4 Å². The topological polar surface area (TPSA) is 163 Å². The van der Waals surface area contributed by atoms with E-state index in [0.717, 1.165) is 28.0 Å². The first kappa shape index (κ1) is 35.8. The van der Waals surface area contributed by atoms with Crippen LogP contribution in [0.4, 0.5) is 5.69 Å². The van der Waals surface area contributed by atoms with E-state index in [0.29, 0.717) is 51.0 Å². The van der Waals surface area contributed by atoms with Crippen LogP contribution in [0.2, 0.25) is 5.02 Å². The maximum Gasteiger partial charge on any atom is 0.336 e. The van der Waals surface area contributed by atoms with Crippen LogP contribution in [-0.4, -0.2) is 40.5 Å². The fourth-order valence-corrected chi connectivity index (χ4v) is 7.22. The molecule has 1 atom stereocenters. The number of halogens is 2. The minimum atomic E-state index is -1.16. The van der Waals surface area contributed by atoms with Crippen molar-refractivity contribution in [2.24, 2.45) is 0 Å². The van der Waals surface area contributed by atoms with E-state index < -0.39 is 11.9 Å². The first-order valence-electron chi connectivity index (χ1n) is 17.1. The maximum absolute atomic E-state index is 13.4. The summed E-state index contributed by atoms with van der Waals surface area (Å²) in [5.74, 6) is 0.118. The van der Waals surface area contributed by atoms with Crippen LogP contribution in [-0.2, 0) is 6.54 Å². The average molecular weight is 860 g/mol. The van der Waals surface area contributed by atoms with Gasteiger partial charge in [-0.25, -0.2) is 9.78 Å². The number of aromatic nitrogens is 3. The van der Waals surface area contributed by atoms with Crippen LogP contribution in [0.15, 0.2) is 133 Å². The van der Waals surface area contributed by atoms with E-state index in [-0.39, 0.29) is 31.9 Å². The number of hydrogen-bond acceptors (Lipinski definition) is 7. The van der Waals surface area contributed by atoms with Crippen molar-refractivity contribution < 1.29 is 24.5 Å². The lowest BCUT2D eigenvalue weighted by atomic mass is 9.84. The molecular formula is C43H31ClIN5O5. The lowest BCUT2D eigenvalue weighted by Crippen LogP contribution is -2.23. The molecule has 0 saturated carbocycles. The van der Waals surface area contributed by atoms with Crippen molar-refractivity contribution >= 4 is 57.3 Å². The van der Waals surface area contributed by atoms with Crippen LogP contribution in [0.1, 0.15) is 44.3 Å². The minimum absolute atomic E-state index is 0.0162. The summed E-state index contributed by atoms with van der Waals surface area (Å²) in [4.78, 5) is 38.6. The van der Waals surface area contributed by atoms with E-state index in [4.69, 9.17) is 27.1 Å². The van der Waals surface area contributed by atoms with E-state index >= 15 is 0 Å². The second kappa shape index (κ2) is 14.2. The maximum atomic E-state index is 13.4. The molecule has 0 bridgehead atoms. The summed E-state index contributed by atoms with van der Waals surface area (Å²) in [6, 6.07) is 26.3. The number of fused-ring (bicyclic) bond motifs is 2. The Labute approximate surface area is 334 Å². The second-order valence-electron chi connectivity index (χ2n) is 13.3. The molecule has 4 aromatic carbocycles. The number of hydrogen-bond donors (Lipinski definition) is 5. The molecule has 1 unspecified atom stereocenters. The number of carboxylic acid groups (broad SMARTS) is 1. The summed E-state index contributed by atoms with van der Waals surface area (Å²) in [6.45, 7) is 2.25. The fourth-order valence-electron chi connectivity index (χ4n) is 6.64. The van der Waals surface area contributed by atoms with Gasteiger partial charge in [0.15, 0.2) is 0 Å². The number of benzene rings is 4. The zero-order chi connectivity index (χ0) is 38.4. The molecule has 8 rings (SSSR count). The van der Waals surface area contributed by atoms with Gasteiger partial charge in [-0.15, -0.1) is 0 Å². The zero-order valence-electron chi connectivity index (χ0n) is 29.1. The largest absolute Gasteiger partial charge is 0.506 e. The Kier molecular flexibility index (Phi) is 9.27. The number of ether oxygens (including phenoxy) is 1. The molecule has 3 heterocycles. The van der Waals surface area contributed by atoms with Crippen molar-refractivity contribution in [2.75, 3.05) is 5.73 Å². The van der Waals surface area contributed by atoms with E-state index in [1.54, 1.807) is 54.9 Å². The van der Waals surface area contributed by atoms with Crippen LogP contribution in [0.5, 0.6) is 11.5 Å². The lowest BCUT2D eigenvalue weighted by molar-refractivity contribution is 0.0696. The Morgan fingerprint density at radius 1 is 0.945 bits per heavy atom. The Hall–Kier alpha value is -6.18. The number of pyridine rings is 1. The normalized spacial score (nSPS) is 15.8. The highest BCUT2D eigenvalue weighted by Gasteiger charge is 2.32. The van der Waals surface area contributed by atoms with Gasteiger partial charge in [0.2, 0.25) is 0 Å². The van der Waals surface area contributed by atoms with Gasteiger partial charge in [-0.05, 0) is 72.7 Å². The zero-order valence-corrected chi connectivity index (χ0v) is 32.0. The van der Waals surface area contributed by atoms with E-state index in [9.17, 15) is 19.8 Å². The predicted octanol–water partition coefficient (Wildman–Crippen LogP) is 9.22. The summed E-state index contributed by atoms with van der Waals surface area (Å²) < 4.78 is 5.96. The highest BCUT2D eigenvalue weighted by molar-refractivity contribution is 14.1. The van der Waals surface area contributed by atoms with Gasteiger partial charge in [-0.2, -0.15) is 0 Å². The van der Waals surface area contributed by atoms with Gasteiger partial charge in [-0.1, -0.05) is 82.7 Å².